The van der Waals surface area contributed by atoms with Crippen LogP contribution in [0.4, 0.5) is 8.78 Å². The number of halogens is 2. The summed E-state index contributed by atoms with van der Waals surface area (Å²) in [6.45, 7) is 1.65. The fourth-order valence-electron chi connectivity index (χ4n) is 1.92. The van der Waals surface area contributed by atoms with Crippen LogP contribution in [0.5, 0.6) is 0 Å². The smallest absolute Gasteiger partial charge is 0.290 e. The SMILES string of the molecule is CCCc1nccn1CC(F)(F)c1ccccc1. The Bertz CT molecular complexity index is 492. The zero-order chi connectivity index (χ0) is 13.0. The van der Waals surface area contributed by atoms with Crippen molar-refractivity contribution in [3.05, 3.63) is 54.1 Å². The predicted molar refractivity (Wildman–Crippen MR) is 66.6 cm³/mol. The van der Waals surface area contributed by atoms with Gasteiger partial charge in [0.15, 0.2) is 0 Å². The molecule has 18 heavy (non-hydrogen) atoms. The van der Waals surface area contributed by atoms with E-state index >= 15 is 0 Å². The van der Waals surface area contributed by atoms with Gasteiger partial charge >= 0.3 is 0 Å². The van der Waals surface area contributed by atoms with E-state index in [1.165, 1.54) is 16.7 Å². The number of nitrogens with zero attached hydrogens (tertiary/aromatic N) is 2. The summed E-state index contributed by atoms with van der Waals surface area (Å²) in [4.78, 5) is 4.11. The van der Waals surface area contributed by atoms with Crippen LogP contribution in [-0.4, -0.2) is 9.55 Å². The normalized spacial score (nSPS) is 11.7. The van der Waals surface area contributed by atoms with Crippen molar-refractivity contribution in [2.75, 3.05) is 0 Å². The molecule has 0 spiro atoms. The Labute approximate surface area is 105 Å². The van der Waals surface area contributed by atoms with Crippen molar-refractivity contribution in [2.45, 2.75) is 32.2 Å². The molecular formula is C14H16F2N2. The van der Waals surface area contributed by atoms with Gasteiger partial charge in [0, 0.05) is 24.4 Å². The molecule has 0 amide bonds. The molecule has 2 nitrogen and oxygen atoms in total. The molecule has 0 atom stereocenters. The van der Waals surface area contributed by atoms with Crippen molar-refractivity contribution in [3.8, 4) is 0 Å². The summed E-state index contributed by atoms with van der Waals surface area (Å²) in [5.41, 5.74) is 0.0427. The Morgan fingerprint density at radius 2 is 1.94 bits per heavy atom. The summed E-state index contributed by atoms with van der Waals surface area (Å²) in [6.07, 6.45) is 4.81. The largest absolute Gasteiger partial charge is 0.329 e. The predicted octanol–water partition coefficient (Wildman–Crippen LogP) is 3.63. The molecule has 1 heterocycles. The van der Waals surface area contributed by atoms with E-state index in [-0.39, 0.29) is 12.1 Å². The maximum Gasteiger partial charge on any atom is 0.290 e. The molecule has 0 saturated carbocycles. The van der Waals surface area contributed by atoms with Gasteiger partial charge in [-0.2, -0.15) is 8.78 Å². The van der Waals surface area contributed by atoms with Gasteiger partial charge < -0.3 is 4.57 Å². The van der Waals surface area contributed by atoms with Gasteiger partial charge in [-0.3, -0.25) is 0 Å². The van der Waals surface area contributed by atoms with E-state index in [0.29, 0.717) is 5.82 Å². The van der Waals surface area contributed by atoms with Crippen LogP contribution >= 0.6 is 0 Å². The zero-order valence-corrected chi connectivity index (χ0v) is 10.3. The Kier molecular flexibility index (Phi) is 3.75. The first-order valence-corrected chi connectivity index (χ1v) is 6.07. The molecule has 0 radical (unpaired) electrons. The topological polar surface area (TPSA) is 17.8 Å². The summed E-state index contributed by atoms with van der Waals surface area (Å²) < 4.78 is 29.7. The zero-order valence-electron chi connectivity index (χ0n) is 10.3. The van der Waals surface area contributed by atoms with Gasteiger partial charge in [0.2, 0.25) is 0 Å². The summed E-state index contributed by atoms with van der Waals surface area (Å²) >= 11 is 0. The first-order chi connectivity index (χ1) is 8.63. The van der Waals surface area contributed by atoms with Crippen LogP contribution in [0.25, 0.3) is 0 Å². The van der Waals surface area contributed by atoms with Gasteiger partial charge in [-0.15, -0.1) is 0 Å². The van der Waals surface area contributed by atoms with E-state index in [1.807, 2.05) is 6.92 Å². The fourth-order valence-corrected chi connectivity index (χ4v) is 1.92. The van der Waals surface area contributed by atoms with Crippen molar-refractivity contribution >= 4 is 0 Å². The molecule has 1 aromatic heterocycles. The molecule has 1 aromatic carbocycles. The van der Waals surface area contributed by atoms with Gasteiger partial charge in [-0.05, 0) is 6.42 Å². The molecule has 0 aliphatic rings. The van der Waals surface area contributed by atoms with Gasteiger partial charge in [0.1, 0.15) is 5.82 Å². The number of rotatable bonds is 5. The van der Waals surface area contributed by atoms with Crippen LogP contribution in [0.3, 0.4) is 0 Å². The van der Waals surface area contributed by atoms with Crippen LogP contribution in [0.1, 0.15) is 24.7 Å². The van der Waals surface area contributed by atoms with Gasteiger partial charge in [0.05, 0.1) is 6.54 Å². The summed E-state index contributed by atoms with van der Waals surface area (Å²) in [5, 5.41) is 0. The maximum atomic E-state index is 14.1. The average Bonchev–Trinajstić information content (AvgIpc) is 2.78. The molecule has 2 aromatic rings. The summed E-state index contributed by atoms with van der Waals surface area (Å²) in [6, 6.07) is 7.90. The van der Waals surface area contributed by atoms with Crippen molar-refractivity contribution in [1.82, 2.24) is 9.55 Å². The highest BCUT2D eigenvalue weighted by atomic mass is 19.3. The first kappa shape index (κ1) is 12.7. The van der Waals surface area contributed by atoms with Crippen molar-refractivity contribution in [3.63, 3.8) is 0 Å². The van der Waals surface area contributed by atoms with E-state index < -0.39 is 5.92 Å². The van der Waals surface area contributed by atoms with Crippen LogP contribution in [0, 0.1) is 0 Å². The van der Waals surface area contributed by atoms with Gasteiger partial charge in [-0.25, -0.2) is 4.98 Å². The molecule has 0 aliphatic heterocycles. The van der Waals surface area contributed by atoms with Gasteiger partial charge in [-0.1, -0.05) is 37.3 Å². The standard InChI is InChI=1S/C14H16F2N2/c1-2-6-13-17-9-10-18(13)11-14(15,16)12-7-4-3-5-8-12/h3-5,7-10H,2,6,11H2,1H3. The molecular weight excluding hydrogens is 234 g/mol. The fraction of sp³-hybridized carbons (Fsp3) is 0.357. The quantitative estimate of drug-likeness (QED) is 0.792. The van der Waals surface area contributed by atoms with E-state index in [0.717, 1.165) is 12.8 Å². The van der Waals surface area contributed by atoms with Crippen LogP contribution in [0.2, 0.25) is 0 Å². The maximum absolute atomic E-state index is 14.1. The number of imidazole rings is 1. The summed E-state index contributed by atoms with van der Waals surface area (Å²) in [5.74, 6) is -2.15. The number of hydrogen-bond acceptors (Lipinski definition) is 1. The minimum Gasteiger partial charge on any atom is -0.329 e. The van der Waals surface area contributed by atoms with Crippen molar-refractivity contribution < 1.29 is 8.78 Å². The molecule has 0 bridgehead atoms. The molecule has 0 N–H and O–H groups in total. The highest BCUT2D eigenvalue weighted by Gasteiger charge is 2.32. The van der Waals surface area contributed by atoms with E-state index in [1.54, 1.807) is 30.6 Å². The minimum atomic E-state index is -2.87. The van der Waals surface area contributed by atoms with E-state index in [9.17, 15) is 8.78 Å². The third kappa shape index (κ3) is 2.75. The summed E-state index contributed by atoms with van der Waals surface area (Å²) in [7, 11) is 0. The third-order valence-electron chi connectivity index (χ3n) is 2.84. The molecule has 4 heteroatoms. The lowest BCUT2D eigenvalue weighted by Crippen LogP contribution is -2.22. The highest BCUT2D eigenvalue weighted by molar-refractivity contribution is 5.20. The molecule has 0 aliphatic carbocycles. The van der Waals surface area contributed by atoms with Crippen LogP contribution in [-0.2, 0) is 18.9 Å². The monoisotopic (exact) mass is 250 g/mol. The Balaban J connectivity index is 2.19. The minimum absolute atomic E-state index is 0.0427. The third-order valence-corrected chi connectivity index (χ3v) is 2.84. The van der Waals surface area contributed by atoms with E-state index in [4.69, 9.17) is 0 Å². The molecule has 0 unspecified atom stereocenters. The van der Waals surface area contributed by atoms with E-state index in [2.05, 4.69) is 4.98 Å². The second-order valence-electron chi connectivity index (χ2n) is 4.29. The lowest BCUT2D eigenvalue weighted by molar-refractivity contribution is -0.0229. The number of benzene rings is 1. The van der Waals surface area contributed by atoms with Crippen molar-refractivity contribution in [2.24, 2.45) is 0 Å². The Morgan fingerprint density at radius 1 is 1.22 bits per heavy atom. The Morgan fingerprint density at radius 3 is 2.61 bits per heavy atom. The number of hydrogen-bond donors (Lipinski definition) is 0. The number of aromatic nitrogens is 2. The molecule has 2 rings (SSSR count). The Hall–Kier alpha value is -1.71. The van der Waals surface area contributed by atoms with Crippen molar-refractivity contribution in [1.29, 1.82) is 0 Å². The van der Waals surface area contributed by atoms with Crippen LogP contribution < -0.4 is 0 Å². The molecule has 96 valence electrons. The highest BCUT2D eigenvalue weighted by Crippen LogP contribution is 2.30. The lowest BCUT2D eigenvalue weighted by atomic mass is 10.1. The number of aryl methyl sites for hydroxylation is 1. The molecule has 0 fully saturated rings. The average molecular weight is 250 g/mol. The second-order valence-corrected chi connectivity index (χ2v) is 4.29. The van der Waals surface area contributed by atoms with Crippen LogP contribution in [0.15, 0.2) is 42.7 Å². The number of alkyl halides is 2. The molecule has 0 saturated heterocycles. The van der Waals surface area contributed by atoms with Gasteiger partial charge in [0.25, 0.3) is 5.92 Å². The second kappa shape index (κ2) is 5.29. The lowest BCUT2D eigenvalue weighted by Gasteiger charge is -2.18. The first-order valence-electron chi connectivity index (χ1n) is 6.07.